The number of nitrogens with two attached hydrogens (primary N) is 1. The molecule has 0 bridgehead atoms. The van der Waals surface area contributed by atoms with Gasteiger partial charge in [-0.15, -0.1) is 0 Å². The summed E-state index contributed by atoms with van der Waals surface area (Å²) < 4.78 is 20.4. The molecule has 2 N–H and O–H groups in total. The predicted molar refractivity (Wildman–Crippen MR) is 92.1 cm³/mol. The van der Waals surface area contributed by atoms with E-state index in [1.54, 1.807) is 0 Å². The molecule has 0 spiro atoms. The Bertz CT molecular complexity index is 443. The van der Waals surface area contributed by atoms with Crippen LogP contribution >= 0.6 is 0 Å². The Balaban J connectivity index is 1.98. The summed E-state index contributed by atoms with van der Waals surface area (Å²) in [6.07, 6.45) is 8.29. The summed E-state index contributed by atoms with van der Waals surface area (Å²) >= 11 is 0. The quantitative estimate of drug-likeness (QED) is 0.362. The molecule has 1 aromatic rings. The van der Waals surface area contributed by atoms with Gasteiger partial charge in [0.25, 0.3) is 5.82 Å². The van der Waals surface area contributed by atoms with E-state index in [0.29, 0.717) is 26.4 Å². The fraction of sp³-hybridized carbons (Fsp3) is 0.706. The predicted octanol–water partition coefficient (Wildman–Crippen LogP) is -0.614. The molecule has 7 heteroatoms. The maximum Gasteiger partial charge on any atom is 0.275 e. The molecule has 138 valence electrons. The number of aromatic nitrogens is 2. The lowest BCUT2D eigenvalue weighted by Crippen LogP contribution is -2.79. The number of aryl methyl sites for hydroxylation is 2. The van der Waals surface area contributed by atoms with E-state index < -0.39 is 0 Å². The van der Waals surface area contributed by atoms with Crippen LogP contribution in [0, 0.1) is 0 Å². The van der Waals surface area contributed by atoms with Crippen molar-refractivity contribution in [1.29, 1.82) is 0 Å². The van der Waals surface area contributed by atoms with E-state index in [-0.39, 0.29) is 0 Å². The standard InChI is InChI=1S/C17H33N4O3/c1-5-22-12-13-24-15-14-23-11-7-18-6-8-19(2)16-17-20(3)9-10-21(17)4/h6,8-10,18H,5,7,11-16H2,1-4H3/q+1/p+1/b8-6-. The van der Waals surface area contributed by atoms with E-state index in [2.05, 4.69) is 65.3 Å². The minimum absolute atomic E-state index is 0.624. The van der Waals surface area contributed by atoms with Gasteiger partial charge < -0.3 is 24.4 Å². The molecule has 0 saturated heterocycles. The van der Waals surface area contributed by atoms with Crippen LogP contribution < -0.4 is 9.88 Å². The van der Waals surface area contributed by atoms with Gasteiger partial charge in [-0.2, -0.15) is 0 Å². The lowest BCUT2D eigenvalue weighted by molar-refractivity contribution is -0.679. The van der Waals surface area contributed by atoms with Crippen LogP contribution in [0.3, 0.4) is 0 Å². The summed E-state index contributed by atoms with van der Waals surface area (Å²) in [7, 11) is 6.21. The van der Waals surface area contributed by atoms with Crippen molar-refractivity contribution in [2.24, 2.45) is 14.1 Å². The van der Waals surface area contributed by atoms with E-state index in [9.17, 15) is 0 Å². The number of quaternary nitrogens is 1. The number of hydrogen-bond acceptors (Lipinski definition) is 4. The van der Waals surface area contributed by atoms with Crippen LogP contribution in [0.4, 0.5) is 0 Å². The first-order chi connectivity index (χ1) is 11.6. The molecule has 7 nitrogen and oxygen atoms in total. The first-order valence-corrected chi connectivity index (χ1v) is 8.58. The van der Waals surface area contributed by atoms with Crippen LogP contribution in [-0.4, -0.2) is 62.7 Å². The highest BCUT2D eigenvalue weighted by Gasteiger charge is 2.11. The first-order valence-electron chi connectivity index (χ1n) is 8.58. The van der Waals surface area contributed by atoms with E-state index in [1.807, 2.05) is 6.92 Å². The molecule has 0 atom stereocenters. The van der Waals surface area contributed by atoms with Crippen LogP contribution in [0.1, 0.15) is 12.7 Å². The number of hydrogen-bond donors (Lipinski definition) is 1. The molecule has 24 heavy (non-hydrogen) atoms. The summed E-state index contributed by atoms with van der Waals surface area (Å²) in [6, 6.07) is 0. The Morgan fingerprint density at radius 1 is 1.17 bits per heavy atom. The summed E-state index contributed by atoms with van der Waals surface area (Å²) in [5, 5.41) is 2.12. The Kier molecular flexibility index (Phi) is 11.1. The highest BCUT2D eigenvalue weighted by atomic mass is 16.5. The number of nitrogens with zero attached hydrogens (tertiary/aromatic N) is 3. The minimum Gasteiger partial charge on any atom is -0.379 e. The van der Waals surface area contributed by atoms with Gasteiger partial charge in [0.2, 0.25) is 0 Å². The third-order valence-electron chi connectivity index (χ3n) is 3.57. The van der Waals surface area contributed by atoms with Crippen molar-refractivity contribution in [3.8, 4) is 0 Å². The van der Waals surface area contributed by atoms with E-state index >= 15 is 0 Å². The highest BCUT2D eigenvalue weighted by Crippen LogP contribution is 1.96. The van der Waals surface area contributed by atoms with Gasteiger partial charge in [-0.3, -0.25) is 0 Å². The second-order valence-electron chi connectivity index (χ2n) is 5.64. The molecule has 0 saturated carbocycles. The van der Waals surface area contributed by atoms with Gasteiger partial charge in [0.05, 0.1) is 53.3 Å². The molecule has 1 heterocycles. The molecule has 0 aromatic carbocycles. The van der Waals surface area contributed by atoms with Crippen molar-refractivity contribution in [1.82, 2.24) is 9.47 Å². The third kappa shape index (κ3) is 9.02. The van der Waals surface area contributed by atoms with E-state index in [1.165, 1.54) is 5.82 Å². The fourth-order valence-corrected chi connectivity index (χ4v) is 2.16. The topological polar surface area (TPSA) is 56.4 Å². The molecule has 0 unspecified atom stereocenters. The summed E-state index contributed by atoms with van der Waals surface area (Å²) in [4.78, 5) is 2.17. The number of ether oxygens (including phenoxy) is 3. The molecule has 0 aliphatic heterocycles. The van der Waals surface area contributed by atoms with Gasteiger partial charge >= 0.3 is 0 Å². The first kappa shape index (κ1) is 20.6. The van der Waals surface area contributed by atoms with Crippen LogP contribution in [0.2, 0.25) is 0 Å². The smallest absolute Gasteiger partial charge is 0.275 e. The van der Waals surface area contributed by atoms with Gasteiger partial charge in [0.1, 0.15) is 31.7 Å². The van der Waals surface area contributed by atoms with Crippen molar-refractivity contribution < 1.29 is 24.1 Å². The van der Waals surface area contributed by atoms with Crippen LogP contribution in [0.15, 0.2) is 24.8 Å². The average molecular weight is 342 g/mol. The Labute approximate surface area is 145 Å². The SMILES string of the molecule is CCOCCOCCOCC[NH2+]/C=C\N(C)Cc1n(C)cc[n+]1C. The highest BCUT2D eigenvalue weighted by molar-refractivity contribution is 4.84. The van der Waals surface area contributed by atoms with E-state index in [0.717, 1.165) is 26.3 Å². The molecular weight excluding hydrogens is 308 g/mol. The fourth-order valence-electron chi connectivity index (χ4n) is 2.16. The third-order valence-corrected chi connectivity index (χ3v) is 3.57. The normalized spacial score (nSPS) is 11.5. The van der Waals surface area contributed by atoms with Gasteiger partial charge in [0, 0.05) is 13.7 Å². The van der Waals surface area contributed by atoms with Crippen LogP contribution in [-0.2, 0) is 34.9 Å². The Hall–Kier alpha value is -1.41. The second-order valence-corrected chi connectivity index (χ2v) is 5.64. The summed E-state index contributed by atoms with van der Waals surface area (Å²) in [5.41, 5.74) is 0. The van der Waals surface area contributed by atoms with Crippen molar-refractivity contribution in [2.75, 3.05) is 53.2 Å². The summed E-state index contributed by atoms with van der Waals surface area (Å²) in [5.74, 6) is 1.26. The maximum atomic E-state index is 5.51. The maximum absolute atomic E-state index is 5.51. The monoisotopic (exact) mass is 342 g/mol. The van der Waals surface area contributed by atoms with Crippen LogP contribution in [0.25, 0.3) is 0 Å². The van der Waals surface area contributed by atoms with Gasteiger partial charge in [-0.25, -0.2) is 9.13 Å². The number of rotatable bonds is 14. The summed E-state index contributed by atoms with van der Waals surface area (Å²) in [6.45, 7) is 7.76. The van der Waals surface area contributed by atoms with Crippen molar-refractivity contribution in [2.45, 2.75) is 13.5 Å². The van der Waals surface area contributed by atoms with E-state index in [4.69, 9.17) is 14.2 Å². The Morgan fingerprint density at radius 3 is 2.46 bits per heavy atom. The molecular formula is C17H34N4O3+2. The van der Waals surface area contributed by atoms with Crippen LogP contribution in [0.5, 0.6) is 0 Å². The van der Waals surface area contributed by atoms with Crippen molar-refractivity contribution >= 4 is 0 Å². The zero-order valence-corrected chi connectivity index (χ0v) is 15.6. The average Bonchev–Trinajstić information content (AvgIpc) is 2.88. The molecule has 0 fully saturated rings. The lowest BCUT2D eigenvalue weighted by Gasteiger charge is -2.10. The zero-order chi connectivity index (χ0) is 17.6. The zero-order valence-electron chi connectivity index (χ0n) is 15.6. The lowest BCUT2D eigenvalue weighted by atomic mass is 10.5. The largest absolute Gasteiger partial charge is 0.379 e. The van der Waals surface area contributed by atoms with Gasteiger partial charge in [-0.1, -0.05) is 0 Å². The molecule has 0 amide bonds. The molecule has 0 aliphatic carbocycles. The second kappa shape index (κ2) is 12.9. The Morgan fingerprint density at radius 2 is 1.83 bits per heavy atom. The molecule has 0 aliphatic rings. The van der Waals surface area contributed by atoms with Gasteiger partial charge in [0.15, 0.2) is 0 Å². The molecule has 1 aromatic heterocycles. The minimum atomic E-state index is 0.624. The molecule has 1 rings (SSSR count). The van der Waals surface area contributed by atoms with Crippen molar-refractivity contribution in [3.63, 3.8) is 0 Å². The van der Waals surface area contributed by atoms with Gasteiger partial charge in [-0.05, 0) is 6.92 Å². The molecule has 0 radical (unpaired) electrons. The van der Waals surface area contributed by atoms with Crippen molar-refractivity contribution in [3.05, 3.63) is 30.6 Å². The number of imidazole rings is 1.